The summed E-state index contributed by atoms with van der Waals surface area (Å²) in [6, 6.07) is 7.35. The molecular weight excluding hydrogens is 203 g/mol. The number of hydrogen-bond donors (Lipinski definition) is 0. The molecule has 0 radical (unpaired) electrons. The third-order valence-electron chi connectivity index (χ3n) is 3.08. The van der Waals surface area contributed by atoms with E-state index in [1.165, 1.54) is 6.07 Å². The average molecular weight is 220 g/mol. The number of benzene rings is 1. The van der Waals surface area contributed by atoms with Crippen LogP contribution in [0, 0.1) is 5.82 Å². The fourth-order valence-electron chi connectivity index (χ4n) is 1.78. The van der Waals surface area contributed by atoms with Gasteiger partial charge in [-0.15, -0.1) is 0 Å². The number of likely N-dealkylation sites (N-methyl/N-ethyl adjacent to an activating group) is 1. The molecule has 2 rings (SSSR count). The second-order valence-corrected chi connectivity index (χ2v) is 4.48. The number of nitrogens with zero attached hydrogens (tertiary/aromatic N) is 2. The van der Waals surface area contributed by atoms with Crippen LogP contribution < -0.4 is 0 Å². The highest BCUT2D eigenvalue weighted by Gasteiger charge is 2.08. The monoisotopic (exact) mass is 220 g/mol. The molecule has 2 aromatic rings. The Hall–Kier alpha value is -1.35. The van der Waals surface area contributed by atoms with Gasteiger partial charge in [0.2, 0.25) is 0 Å². The second-order valence-electron chi connectivity index (χ2n) is 4.48. The summed E-state index contributed by atoms with van der Waals surface area (Å²) in [6.07, 6.45) is 2.02. The molecule has 0 saturated carbocycles. The van der Waals surface area contributed by atoms with Crippen molar-refractivity contribution in [1.29, 1.82) is 0 Å². The lowest BCUT2D eigenvalue weighted by Gasteiger charge is -2.20. The normalized spacial score (nSPS) is 13.6. The van der Waals surface area contributed by atoms with Crippen LogP contribution in [0.2, 0.25) is 0 Å². The van der Waals surface area contributed by atoms with Crippen LogP contribution in [0.5, 0.6) is 0 Å². The SMILES string of the molecule is C[C@H](Cn1ccc2cc(F)ccc21)N(C)C. The number of hydrogen-bond acceptors (Lipinski definition) is 1. The molecular formula is C13H17FN2. The van der Waals surface area contributed by atoms with Gasteiger partial charge in [0, 0.05) is 29.7 Å². The largest absolute Gasteiger partial charge is 0.346 e. The van der Waals surface area contributed by atoms with E-state index in [2.05, 4.69) is 30.5 Å². The van der Waals surface area contributed by atoms with E-state index in [-0.39, 0.29) is 5.82 Å². The molecule has 0 spiro atoms. The standard InChI is InChI=1S/C13H17FN2/c1-10(15(2)3)9-16-7-6-11-8-12(14)4-5-13(11)16/h4-8,10H,9H2,1-3H3/t10-/m1/s1. The van der Waals surface area contributed by atoms with Crippen molar-refractivity contribution in [3.63, 3.8) is 0 Å². The van der Waals surface area contributed by atoms with Crippen LogP contribution in [-0.2, 0) is 6.54 Å². The van der Waals surface area contributed by atoms with Gasteiger partial charge in [0.1, 0.15) is 5.82 Å². The van der Waals surface area contributed by atoms with Gasteiger partial charge in [-0.2, -0.15) is 0 Å². The molecule has 0 aliphatic carbocycles. The summed E-state index contributed by atoms with van der Waals surface area (Å²) in [6.45, 7) is 3.09. The Kier molecular flexibility index (Phi) is 2.97. The maximum Gasteiger partial charge on any atom is 0.123 e. The lowest BCUT2D eigenvalue weighted by Crippen LogP contribution is -2.28. The van der Waals surface area contributed by atoms with Gasteiger partial charge in [-0.25, -0.2) is 4.39 Å². The molecule has 0 fully saturated rings. The van der Waals surface area contributed by atoms with Crippen molar-refractivity contribution in [2.75, 3.05) is 14.1 Å². The summed E-state index contributed by atoms with van der Waals surface area (Å²) in [5.41, 5.74) is 1.09. The lowest BCUT2D eigenvalue weighted by atomic mass is 10.2. The van der Waals surface area contributed by atoms with E-state index in [1.54, 1.807) is 6.07 Å². The smallest absolute Gasteiger partial charge is 0.123 e. The molecule has 1 aromatic carbocycles. The van der Waals surface area contributed by atoms with Crippen LogP contribution in [0.25, 0.3) is 10.9 Å². The zero-order valence-corrected chi connectivity index (χ0v) is 9.94. The lowest BCUT2D eigenvalue weighted by molar-refractivity contribution is 0.286. The first kappa shape index (κ1) is 11.1. The van der Waals surface area contributed by atoms with E-state index >= 15 is 0 Å². The molecule has 0 unspecified atom stereocenters. The van der Waals surface area contributed by atoms with Crippen molar-refractivity contribution in [3.05, 3.63) is 36.3 Å². The molecule has 0 aliphatic heterocycles. The topological polar surface area (TPSA) is 8.17 Å². The molecule has 0 bridgehead atoms. The molecule has 0 aliphatic rings. The average Bonchev–Trinajstić information content (AvgIpc) is 2.60. The fraction of sp³-hybridized carbons (Fsp3) is 0.385. The summed E-state index contributed by atoms with van der Waals surface area (Å²) in [7, 11) is 4.13. The highest BCUT2D eigenvalue weighted by Crippen LogP contribution is 2.17. The van der Waals surface area contributed by atoms with Crippen LogP contribution in [0.1, 0.15) is 6.92 Å². The van der Waals surface area contributed by atoms with Gasteiger partial charge < -0.3 is 9.47 Å². The number of fused-ring (bicyclic) bond motifs is 1. The van der Waals surface area contributed by atoms with Gasteiger partial charge in [0.15, 0.2) is 0 Å². The predicted molar refractivity (Wildman–Crippen MR) is 65.0 cm³/mol. The summed E-state index contributed by atoms with van der Waals surface area (Å²) in [5, 5.41) is 0.964. The van der Waals surface area contributed by atoms with E-state index < -0.39 is 0 Å². The Balaban J connectivity index is 2.32. The van der Waals surface area contributed by atoms with Crippen LogP contribution in [0.15, 0.2) is 30.5 Å². The van der Waals surface area contributed by atoms with Gasteiger partial charge in [-0.05, 0) is 45.3 Å². The van der Waals surface area contributed by atoms with Crippen LogP contribution >= 0.6 is 0 Å². The Bertz CT molecular complexity index is 488. The van der Waals surface area contributed by atoms with Crippen molar-refractivity contribution in [2.45, 2.75) is 19.5 Å². The summed E-state index contributed by atoms with van der Waals surface area (Å²) in [5.74, 6) is -0.175. The van der Waals surface area contributed by atoms with E-state index in [0.717, 1.165) is 17.4 Å². The minimum atomic E-state index is -0.175. The third-order valence-corrected chi connectivity index (χ3v) is 3.08. The summed E-state index contributed by atoms with van der Waals surface area (Å²) in [4.78, 5) is 2.18. The van der Waals surface area contributed by atoms with Gasteiger partial charge >= 0.3 is 0 Å². The van der Waals surface area contributed by atoms with Crippen molar-refractivity contribution in [2.24, 2.45) is 0 Å². The van der Waals surface area contributed by atoms with Crippen LogP contribution in [0.3, 0.4) is 0 Å². The molecule has 1 heterocycles. The van der Waals surface area contributed by atoms with Crippen molar-refractivity contribution in [1.82, 2.24) is 9.47 Å². The Labute approximate surface area is 95.3 Å². The number of aromatic nitrogens is 1. The quantitative estimate of drug-likeness (QED) is 0.772. The zero-order chi connectivity index (χ0) is 11.7. The summed E-state index contributed by atoms with van der Waals surface area (Å²) < 4.78 is 15.2. The van der Waals surface area contributed by atoms with E-state index in [1.807, 2.05) is 18.3 Å². The first-order chi connectivity index (χ1) is 7.58. The molecule has 16 heavy (non-hydrogen) atoms. The van der Waals surface area contributed by atoms with E-state index in [0.29, 0.717) is 6.04 Å². The fourth-order valence-corrected chi connectivity index (χ4v) is 1.78. The molecule has 0 N–H and O–H groups in total. The van der Waals surface area contributed by atoms with Crippen LogP contribution in [0.4, 0.5) is 4.39 Å². The Morgan fingerprint density at radius 1 is 1.31 bits per heavy atom. The van der Waals surface area contributed by atoms with Gasteiger partial charge in [-0.3, -0.25) is 0 Å². The Morgan fingerprint density at radius 3 is 2.75 bits per heavy atom. The predicted octanol–water partition coefficient (Wildman–Crippen LogP) is 2.73. The second kappa shape index (κ2) is 4.26. The van der Waals surface area contributed by atoms with Gasteiger partial charge in [-0.1, -0.05) is 0 Å². The molecule has 1 aromatic heterocycles. The number of rotatable bonds is 3. The van der Waals surface area contributed by atoms with Gasteiger partial charge in [0.05, 0.1) is 0 Å². The minimum absolute atomic E-state index is 0.175. The maximum atomic E-state index is 13.0. The zero-order valence-electron chi connectivity index (χ0n) is 9.94. The molecule has 2 nitrogen and oxygen atoms in total. The first-order valence-corrected chi connectivity index (χ1v) is 5.49. The molecule has 3 heteroatoms. The molecule has 1 atom stereocenters. The van der Waals surface area contributed by atoms with Crippen molar-refractivity contribution in [3.8, 4) is 0 Å². The highest BCUT2D eigenvalue weighted by molar-refractivity contribution is 5.80. The maximum absolute atomic E-state index is 13.0. The van der Waals surface area contributed by atoms with Gasteiger partial charge in [0.25, 0.3) is 0 Å². The summed E-state index contributed by atoms with van der Waals surface area (Å²) >= 11 is 0. The minimum Gasteiger partial charge on any atom is -0.346 e. The van der Waals surface area contributed by atoms with E-state index in [9.17, 15) is 4.39 Å². The molecule has 0 amide bonds. The highest BCUT2D eigenvalue weighted by atomic mass is 19.1. The van der Waals surface area contributed by atoms with Crippen LogP contribution in [-0.4, -0.2) is 29.6 Å². The number of halogens is 1. The third kappa shape index (κ3) is 2.09. The Morgan fingerprint density at radius 2 is 2.06 bits per heavy atom. The molecule has 86 valence electrons. The molecule has 0 saturated heterocycles. The van der Waals surface area contributed by atoms with Crippen molar-refractivity contribution < 1.29 is 4.39 Å². The first-order valence-electron chi connectivity index (χ1n) is 5.49. The van der Waals surface area contributed by atoms with Crippen molar-refractivity contribution >= 4 is 10.9 Å². The van der Waals surface area contributed by atoms with E-state index in [4.69, 9.17) is 0 Å².